The molecule has 0 bridgehead atoms. The molecule has 5 nitrogen and oxygen atoms in total. The zero-order chi connectivity index (χ0) is 12.5. The second-order valence-corrected chi connectivity index (χ2v) is 6.06. The first-order chi connectivity index (χ1) is 8.70. The van der Waals surface area contributed by atoms with Gasteiger partial charge in [-0.05, 0) is 44.2 Å². The van der Waals surface area contributed by atoms with Crippen LogP contribution in [-0.4, -0.2) is 20.4 Å². The van der Waals surface area contributed by atoms with E-state index in [0.29, 0.717) is 17.7 Å². The van der Waals surface area contributed by atoms with Crippen molar-refractivity contribution in [2.45, 2.75) is 32.1 Å². The van der Waals surface area contributed by atoms with E-state index in [0.717, 1.165) is 17.1 Å². The van der Waals surface area contributed by atoms with Gasteiger partial charge in [0.2, 0.25) is 0 Å². The molecular formula is C12H15N5S. The molecular weight excluding hydrogens is 246 g/mol. The number of nitrogens with two attached hydrogens (primary N) is 1. The summed E-state index contributed by atoms with van der Waals surface area (Å²) in [7, 11) is 0. The molecule has 1 saturated carbocycles. The van der Waals surface area contributed by atoms with Crippen molar-refractivity contribution in [2.75, 3.05) is 5.73 Å². The van der Waals surface area contributed by atoms with Gasteiger partial charge < -0.3 is 5.73 Å². The summed E-state index contributed by atoms with van der Waals surface area (Å²) in [5.74, 6) is 1.77. The molecule has 2 aromatic heterocycles. The lowest BCUT2D eigenvalue weighted by Gasteiger charge is -2.33. The van der Waals surface area contributed by atoms with Crippen LogP contribution in [0.2, 0.25) is 0 Å². The van der Waals surface area contributed by atoms with E-state index in [4.69, 9.17) is 5.73 Å². The van der Waals surface area contributed by atoms with Crippen molar-refractivity contribution in [2.24, 2.45) is 5.92 Å². The second-order valence-electron chi connectivity index (χ2n) is 4.85. The zero-order valence-electron chi connectivity index (χ0n) is 10.2. The number of aryl methyl sites for hydroxylation is 1. The van der Waals surface area contributed by atoms with E-state index in [-0.39, 0.29) is 0 Å². The van der Waals surface area contributed by atoms with Crippen LogP contribution in [0.4, 0.5) is 5.82 Å². The van der Waals surface area contributed by atoms with Crippen LogP contribution in [0.15, 0.2) is 12.1 Å². The first-order valence-electron chi connectivity index (χ1n) is 6.09. The molecule has 0 aliphatic heterocycles. The SMILES string of the molecule is Cc1nnc(C2CC(Cc3ccc(N)nn3)C2)s1. The fraction of sp³-hybridized carbons (Fsp3) is 0.500. The van der Waals surface area contributed by atoms with Crippen molar-refractivity contribution in [3.8, 4) is 0 Å². The lowest BCUT2D eigenvalue weighted by Crippen LogP contribution is -2.24. The van der Waals surface area contributed by atoms with E-state index < -0.39 is 0 Å². The van der Waals surface area contributed by atoms with Crippen LogP contribution in [0, 0.1) is 12.8 Å². The van der Waals surface area contributed by atoms with Crippen molar-refractivity contribution in [1.29, 1.82) is 0 Å². The largest absolute Gasteiger partial charge is 0.382 e. The third-order valence-electron chi connectivity index (χ3n) is 3.36. The van der Waals surface area contributed by atoms with Gasteiger partial charge in [0.05, 0.1) is 5.69 Å². The van der Waals surface area contributed by atoms with Crippen LogP contribution in [0.25, 0.3) is 0 Å². The number of rotatable bonds is 3. The number of anilines is 1. The van der Waals surface area contributed by atoms with Crippen molar-refractivity contribution >= 4 is 17.2 Å². The predicted octanol–water partition coefficient (Wildman–Crippen LogP) is 1.96. The fourth-order valence-corrected chi connectivity index (χ4v) is 3.18. The summed E-state index contributed by atoms with van der Waals surface area (Å²) in [5.41, 5.74) is 6.55. The number of nitrogens with zero attached hydrogens (tertiary/aromatic N) is 4. The minimum absolute atomic E-state index is 0.481. The highest BCUT2D eigenvalue weighted by Gasteiger charge is 2.32. The monoisotopic (exact) mass is 261 g/mol. The highest BCUT2D eigenvalue weighted by atomic mass is 32.1. The Balaban J connectivity index is 1.55. The lowest BCUT2D eigenvalue weighted by atomic mass is 9.73. The Labute approximate surface area is 109 Å². The Bertz CT molecular complexity index is 530. The summed E-state index contributed by atoms with van der Waals surface area (Å²) in [5, 5.41) is 18.5. The predicted molar refractivity (Wildman–Crippen MR) is 70.3 cm³/mol. The molecule has 2 N–H and O–H groups in total. The quantitative estimate of drug-likeness (QED) is 0.913. The van der Waals surface area contributed by atoms with Crippen LogP contribution < -0.4 is 5.73 Å². The van der Waals surface area contributed by atoms with Crippen LogP contribution in [0.5, 0.6) is 0 Å². The van der Waals surface area contributed by atoms with Gasteiger partial charge in [0.1, 0.15) is 15.8 Å². The summed E-state index contributed by atoms with van der Waals surface area (Å²) in [6.45, 7) is 2.00. The molecule has 1 aliphatic carbocycles. The molecule has 0 atom stereocenters. The van der Waals surface area contributed by atoms with E-state index in [1.54, 1.807) is 11.3 Å². The van der Waals surface area contributed by atoms with Crippen LogP contribution in [-0.2, 0) is 6.42 Å². The first kappa shape index (κ1) is 11.5. The van der Waals surface area contributed by atoms with Crippen molar-refractivity contribution < 1.29 is 0 Å². The molecule has 2 aromatic rings. The van der Waals surface area contributed by atoms with Crippen LogP contribution in [0.3, 0.4) is 0 Å². The third-order valence-corrected chi connectivity index (χ3v) is 4.37. The van der Waals surface area contributed by atoms with Gasteiger partial charge in [-0.3, -0.25) is 0 Å². The van der Waals surface area contributed by atoms with E-state index in [1.165, 1.54) is 17.8 Å². The third kappa shape index (κ3) is 2.33. The van der Waals surface area contributed by atoms with Crippen LogP contribution in [0.1, 0.15) is 34.5 Å². The molecule has 0 radical (unpaired) electrons. The molecule has 1 aliphatic rings. The van der Waals surface area contributed by atoms with Gasteiger partial charge in [0.15, 0.2) is 0 Å². The van der Waals surface area contributed by atoms with E-state index in [1.807, 2.05) is 19.1 Å². The van der Waals surface area contributed by atoms with Crippen molar-refractivity contribution in [3.63, 3.8) is 0 Å². The van der Waals surface area contributed by atoms with Gasteiger partial charge in [-0.25, -0.2) is 0 Å². The molecule has 0 amide bonds. The Hall–Kier alpha value is -1.56. The molecule has 0 unspecified atom stereocenters. The maximum Gasteiger partial charge on any atom is 0.146 e. The summed E-state index contributed by atoms with van der Waals surface area (Å²) < 4.78 is 0. The average molecular weight is 261 g/mol. The molecule has 1 fully saturated rings. The molecule has 18 heavy (non-hydrogen) atoms. The molecule has 94 valence electrons. The van der Waals surface area contributed by atoms with Gasteiger partial charge in [-0.2, -0.15) is 5.10 Å². The number of hydrogen-bond acceptors (Lipinski definition) is 6. The Kier molecular flexibility index (Phi) is 2.95. The zero-order valence-corrected chi connectivity index (χ0v) is 11.0. The van der Waals surface area contributed by atoms with Gasteiger partial charge >= 0.3 is 0 Å². The van der Waals surface area contributed by atoms with Gasteiger partial charge in [0.25, 0.3) is 0 Å². The molecule has 3 rings (SSSR count). The van der Waals surface area contributed by atoms with Gasteiger partial charge in [-0.15, -0.1) is 26.6 Å². The number of hydrogen-bond donors (Lipinski definition) is 1. The van der Waals surface area contributed by atoms with Gasteiger partial charge in [0, 0.05) is 5.92 Å². The first-order valence-corrected chi connectivity index (χ1v) is 6.90. The van der Waals surface area contributed by atoms with Crippen molar-refractivity contribution in [3.05, 3.63) is 27.8 Å². The topological polar surface area (TPSA) is 77.6 Å². The standard InChI is InChI=1S/C12H15N5S/c1-7-14-17-12(18-7)9-4-8(5-9)6-10-2-3-11(13)16-15-10/h2-3,8-9H,4-6H2,1H3,(H2,13,16). The Morgan fingerprint density at radius 1 is 1.22 bits per heavy atom. The average Bonchev–Trinajstić information content (AvgIpc) is 2.72. The minimum atomic E-state index is 0.481. The highest BCUT2D eigenvalue weighted by molar-refractivity contribution is 7.11. The van der Waals surface area contributed by atoms with E-state index >= 15 is 0 Å². The maximum absolute atomic E-state index is 5.52. The summed E-state index contributed by atoms with van der Waals surface area (Å²) in [4.78, 5) is 0. The Morgan fingerprint density at radius 2 is 2.06 bits per heavy atom. The minimum Gasteiger partial charge on any atom is -0.382 e. The van der Waals surface area contributed by atoms with Crippen molar-refractivity contribution in [1.82, 2.24) is 20.4 Å². The van der Waals surface area contributed by atoms with Crippen LogP contribution >= 0.6 is 11.3 Å². The fourth-order valence-electron chi connectivity index (χ4n) is 2.36. The molecule has 6 heteroatoms. The summed E-state index contributed by atoms with van der Waals surface area (Å²) in [6, 6.07) is 3.78. The van der Waals surface area contributed by atoms with E-state index in [2.05, 4.69) is 20.4 Å². The Morgan fingerprint density at radius 3 is 2.67 bits per heavy atom. The summed E-state index contributed by atoms with van der Waals surface area (Å²) in [6.07, 6.45) is 3.35. The molecule has 0 aromatic carbocycles. The highest BCUT2D eigenvalue weighted by Crippen LogP contribution is 2.43. The second kappa shape index (κ2) is 4.61. The number of nitrogen functional groups attached to an aromatic ring is 1. The molecule has 2 heterocycles. The molecule has 0 spiro atoms. The lowest BCUT2D eigenvalue weighted by molar-refractivity contribution is 0.259. The normalized spacial score (nSPS) is 22.7. The molecule has 0 saturated heterocycles. The number of aromatic nitrogens is 4. The smallest absolute Gasteiger partial charge is 0.146 e. The van der Waals surface area contributed by atoms with Gasteiger partial charge in [-0.1, -0.05) is 0 Å². The summed E-state index contributed by atoms with van der Waals surface area (Å²) >= 11 is 1.72. The van der Waals surface area contributed by atoms with E-state index in [9.17, 15) is 0 Å². The maximum atomic E-state index is 5.52.